The van der Waals surface area contributed by atoms with Crippen LogP contribution in [0.1, 0.15) is 15.9 Å². The largest absolute Gasteiger partial charge is 0.366 e. The van der Waals surface area contributed by atoms with Crippen LogP contribution in [0.15, 0.2) is 18.2 Å². The van der Waals surface area contributed by atoms with Gasteiger partial charge in [0, 0.05) is 23.7 Å². The maximum absolute atomic E-state index is 10.7. The summed E-state index contributed by atoms with van der Waals surface area (Å²) in [4.78, 5) is 20.7. The Morgan fingerprint density at radius 2 is 2.14 bits per heavy atom. The second-order valence-electron chi connectivity index (χ2n) is 2.67. The minimum absolute atomic E-state index is 0.0509. The van der Waals surface area contributed by atoms with E-state index in [2.05, 4.69) is 0 Å². The Morgan fingerprint density at radius 1 is 1.50 bits per heavy atom. The molecule has 4 N–H and O–H groups in total. The number of amides is 1. The molecule has 1 rings (SSSR count). The van der Waals surface area contributed by atoms with Gasteiger partial charge in [0.2, 0.25) is 5.91 Å². The highest BCUT2D eigenvalue weighted by Gasteiger charge is 2.14. The van der Waals surface area contributed by atoms with Crippen molar-refractivity contribution < 1.29 is 9.72 Å². The predicted molar refractivity (Wildman–Crippen MR) is 49.5 cm³/mol. The number of primary amides is 1. The smallest absolute Gasteiger partial charge is 0.274 e. The maximum Gasteiger partial charge on any atom is 0.274 e. The van der Waals surface area contributed by atoms with Crippen molar-refractivity contribution in [1.29, 1.82) is 0 Å². The molecule has 6 nitrogen and oxygen atoms in total. The molecule has 0 saturated carbocycles. The first-order valence-corrected chi connectivity index (χ1v) is 3.83. The fourth-order valence-corrected chi connectivity index (χ4v) is 1.06. The first kappa shape index (κ1) is 10.1. The van der Waals surface area contributed by atoms with Gasteiger partial charge in [0.05, 0.1) is 4.92 Å². The molecule has 0 radical (unpaired) electrons. The monoisotopic (exact) mass is 195 g/mol. The summed E-state index contributed by atoms with van der Waals surface area (Å²) in [6, 6.07) is 3.97. The first-order chi connectivity index (χ1) is 6.56. The van der Waals surface area contributed by atoms with Crippen LogP contribution in [0.3, 0.4) is 0 Å². The van der Waals surface area contributed by atoms with Crippen LogP contribution in [0.4, 0.5) is 5.69 Å². The Balaban J connectivity index is 3.27. The summed E-state index contributed by atoms with van der Waals surface area (Å²) in [5.41, 5.74) is 10.6. The second-order valence-corrected chi connectivity index (χ2v) is 2.67. The van der Waals surface area contributed by atoms with Crippen LogP contribution in [0, 0.1) is 10.1 Å². The number of nitro benzene ring substituents is 1. The molecule has 6 heteroatoms. The molecular weight excluding hydrogens is 186 g/mol. The van der Waals surface area contributed by atoms with Crippen LogP contribution < -0.4 is 11.5 Å². The lowest BCUT2D eigenvalue weighted by Gasteiger charge is -2.00. The second kappa shape index (κ2) is 3.84. The summed E-state index contributed by atoms with van der Waals surface area (Å²) in [6.07, 6.45) is 0. The molecule has 0 aromatic heterocycles. The number of hydrogen-bond donors (Lipinski definition) is 2. The van der Waals surface area contributed by atoms with Gasteiger partial charge in [-0.15, -0.1) is 0 Å². The topological polar surface area (TPSA) is 112 Å². The van der Waals surface area contributed by atoms with E-state index in [9.17, 15) is 14.9 Å². The highest BCUT2D eigenvalue weighted by atomic mass is 16.6. The Labute approximate surface area is 79.7 Å². The van der Waals surface area contributed by atoms with Crippen LogP contribution >= 0.6 is 0 Å². The summed E-state index contributed by atoms with van der Waals surface area (Å²) in [7, 11) is 0. The van der Waals surface area contributed by atoms with Crippen LogP contribution in [0.25, 0.3) is 0 Å². The highest BCUT2D eigenvalue weighted by molar-refractivity contribution is 5.93. The lowest BCUT2D eigenvalue weighted by Crippen LogP contribution is -2.12. The number of hydrogen-bond acceptors (Lipinski definition) is 4. The zero-order chi connectivity index (χ0) is 10.7. The number of carbonyl (C=O) groups is 1. The van der Waals surface area contributed by atoms with Crippen molar-refractivity contribution in [1.82, 2.24) is 0 Å². The average molecular weight is 195 g/mol. The van der Waals surface area contributed by atoms with E-state index in [0.717, 1.165) is 6.07 Å². The van der Waals surface area contributed by atoms with Crippen LogP contribution in [-0.2, 0) is 6.54 Å². The zero-order valence-corrected chi connectivity index (χ0v) is 7.27. The van der Waals surface area contributed by atoms with Crippen molar-refractivity contribution in [2.24, 2.45) is 11.5 Å². The van der Waals surface area contributed by atoms with E-state index in [4.69, 9.17) is 11.5 Å². The van der Waals surface area contributed by atoms with Gasteiger partial charge in [0.1, 0.15) is 0 Å². The van der Waals surface area contributed by atoms with E-state index >= 15 is 0 Å². The molecule has 0 heterocycles. The summed E-state index contributed by atoms with van der Waals surface area (Å²) in [6.45, 7) is 0.0509. The van der Waals surface area contributed by atoms with Crippen molar-refractivity contribution in [3.05, 3.63) is 39.4 Å². The molecule has 0 aliphatic heterocycles. The molecule has 1 aromatic carbocycles. The molecule has 14 heavy (non-hydrogen) atoms. The Morgan fingerprint density at radius 3 is 2.57 bits per heavy atom. The molecule has 74 valence electrons. The molecule has 0 fully saturated rings. The van der Waals surface area contributed by atoms with Crippen molar-refractivity contribution in [2.75, 3.05) is 0 Å². The van der Waals surface area contributed by atoms with E-state index in [-0.39, 0.29) is 17.8 Å². The number of rotatable bonds is 3. The third kappa shape index (κ3) is 1.86. The van der Waals surface area contributed by atoms with E-state index < -0.39 is 10.8 Å². The zero-order valence-electron chi connectivity index (χ0n) is 7.27. The minimum atomic E-state index is -0.698. The molecule has 0 unspecified atom stereocenters. The Kier molecular flexibility index (Phi) is 2.78. The molecule has 0 saturated heterocycles. The third-order valence-electron chi connectivity index (χ3n) is 1.79. The van der Waals surface area contributed by atoms with Crippen molar-refractivity contribution in [2.45, 2.75) is 6.54 Å². The van der Waals surface area contributed by atoms with Crippen LogP contribution in [-0.4, -0.2) is 10.8 Å². The van der Waals surface area contributed by atoms with Gasteiger partial charge in [-0.25, -0.2) is 0 Å². The van der Waals surface area contributed by atoms with Crippen LogP contribution in [0.2, 0.25) is 0 Å². The van der Waals surface area contributed by atoms with Gasteiger partial charge in [-0.3, -0.25) is 14.9 Å². The first-order valence-electron chi connectivity index (χ1n) is 3.83. The summed E-state index contributed by atoms with van der Waals surface area (Å²) in [5.74, 6) is -0.698. The average Bonchev–Trinajstić information content (AvgIpc) is 2.16. The number of nitrogens with two attached hydrogens (primary N) is 2. The third-order valence-corrected chi connectivity index (χ3v) is 1.79. The lowest BCUT2D eigenvalue weighted by atomic mass is 10.1. The Hall–Kier alpha value is -1.95. The van der Waals surface area contributed by atoms with Crippen molar-refractivity contribution in [3.8, 4) is 0 Å². The van der Waals surface area contributed by atoms with Crippen molar-refractivity contribution in [3.63, 3.8) is 0 Å². The quantitative estimate of drug-likeness (QED) is 0.528. The van der Waals surface area contributed by atoms with Gasteiger partial charge in [0.15, 0.2) is 0 Å². The van der Waals surface area contributed by atoms with E-state index in [1.54, 1.807) is 0 Å². The number of carbonyl (C=O) groups excluding carboxylic acids is 1. The molecule has 1 amide bonds. The fourth-order valence-electron chi connectivity index (χ4n) is 1.06. The molecule has 1 aromatic rings. The Bertz CT molecular complexity index is 389. The fraction of sp³-hybridized carbons (Fsp3) is 0.125. The molecule has 0 atom stereocenters. The number of nitro groups is 1. The summed E-state index contributed by atoms with van der Waals surface area (Å²) >= 11 is 0. The lowest BCUT2D eigenvalue weighted by molar-refractivity contribution is -0.385. The molecule has 0 spiro atoms. The van der Waals surface area contributed by atoms with E-state index in [0.29, 0.717) is 5.56 Å². The molecule has 0 bridgehead atoms. The maximum atomic E-state index is 10.7. The summed E-state index contributed by atoms with van der Waals surface area (Å²) in [5, 5.41) is 10.6. The predicted octanol–water partition coefficient (Wildman–Crippen LogP) is 0.152. The summed E-state index contributed by atoms with van der Waals surface area (Å²) < 4.78 is 0. The molecular formula is C8H9N3O3. The molecule has 0 aliphatic carbocycles. The number of nitrogens with zero attached hydrogens (tertiary/aromatic N) is 1. The minimum Gasteiger partial charge on any atom is -0.366 e. The van der Waals surface area contributed by atoms with Crippen LogP contribution in [0.5, 0.6) is 0 Å². The van der Waals surface area contributed by atoms with Crippen molar-refractivity contribution >= 4 is 11.6 Å². The normalized spacial score (nSPS) is 9.79. The van der Waals surface area contributed by atoms with Gasteiger partial charge in [0.25, 0.3) is 5.69 Å². The van der Waals surface area contributed by atoms with Gasteiger partial charge in [-0.05, 0) is 6.07 Å². The molecule has 0 aliphatic rings. The highest BCUT2D eigenvalue weighted by Crippen LogP contribution is 2.19. The van der Waals surface area contributed by atoms with Gasteiger partial charge < -0.3 is 11.5 Å². The van der Waals surface area contributed by atoms with Gasteiger partial charge in [-0.2, -0.15) is 0 Å². The number of benzene rings is 1. The standard InChI is InChI=1S/C8H9N3O3/c9-4-6-2-1-5(8(10)12)3-7(6)11(13)14/h1-3H,4,9H2,(H2,10,12). The van der Waals surface area contributed by atoms with E-state index in [1.165, 1.54) is 12.1 Å². The van der Waals surface area contributed by atoms with Gasteiger partial charge >= 0.3 is 0 Å². The van der Waals surface area contributed by atoms with Gasteiger partial charge in [-0.1, -0.05) is 6.07 Å². The van der Waals surface area contributed by atoms with E-state index in [1.807, 2.05) is 0 Å². The SMILES string of the molecule is NCc1ccc(C(N)=O)cc1[N+](=O)[O-].